The highest BCUT2D eigenvalue weighted by atomic mass is 16.5. The highest BCUT2D eigenvalue weighted by Crippen LogP contribution is 2.27. The highest BCUT2D eigenvalue weighted by Gasteiger charge is 2.18. The predicted octanol–water partition coefficient (Wildman–Crippen LogP) is 4.65. The quantitative estimate of drug-likeness (QED) is 0.683. The number of carbonyl (C=O) groups excluding carboxylic acids is 1. The van der Waals surface area contributed by atoms with Crippen LogP contribution < -0.4 is 20.7 Å². The summed E-state index contributed by atoms with van der Waals surface area (Å²) < 4.78 is 5.14. The van der Waals surface area contributed by atoms with Gasteiger partial charge in [0, 0.05) is 11.4 Å². The van der Waals surface area contributed by atoms with Crippen molar-refractivity contribution in [3.05, 3.63) is 78.9 Å². The second-order valence-corrected chi connectivity index (χ2v) is 5.42. The first kappa shape index (κ1) is 16.4. The smallest absolute Gasteiger partial charge is 0.330 e. The number of nitrogens with one attached hydrogen (secondary N) is 1. The topological polar surface area (TPSA) is 67.6 Å². The van der Waals surface area contributed by atoms with E-state index in [4.69, 9.17) is 10.5 Å². The maximum absolute atomic E-state index is 12.9. The first-order chi connectivity index (χ1) is 12.2. The molecule has 0 aromatic heterocycles. The summed E-state index contributed by atoms with van der Waals surface area (Å²) in [6, 6.07) is 23.5. The first-order valence-corrected chi connectivity index (χ1v) is 7.83. The molecular weight excluding hydrogens is 314 g/mol. The molecule has 5 heteroatoms. The third-order valence-electron chi connectivity index (χ3n) is 3.71. The zero-order valence-electron chi connectivity index (χ0n) is 13.8. The summed E-state index contributed by atoms with van der Waals surface area (Å²) in [6.07, 6.45) is 0. The number of nitrogen functional groups attached to an aromatic ring is 1. The van der Waals surface area contributed by atoms with E-state index in [-0.39, 0.29) is 6.03 Å². The Balaban J connectivity index is 1.90. The maximum atomic E-state index is 12.9. The molecule has 0 atom stereocenters. The number of ether oxygens (including phenoxy) is 1. The number of nitrogens with zero attached hydrogens (tertiary/aromatic N) is 1. The SMILES string of the molecule is COc1ccc(NC(=O)N(c2ccccc2)c2ccc(N)cc2)cc1. The Kier molecular flexibility index (Phi) is 4.85. The molecule has 3 aromatic rings. The van der Waals surface area contributed by atoms with E-state index in [1.54, 1.807) is 48.4 Å². The number of urea groups is 1. The van der Waals surface area contributed by atoms with Crippen molar-refractivity contribution in [3.8, 4) is 5.75 Å². The zero-order valence-corrected chi connectivity index (χ0v) is 13.8. The number of benzene rings is 3. The minimum absolute atomic E-state index is 0.263. The van der Waals surface area contributed by atoms with Crippen LogP contribution in [-0.4, -0.2) is 13.1 Å². The van der Waals surface area contributed by atoms with E-state index in [0.717, 1.165) is 17.1 Å². The third-order valence-corrected chi connectivity index (χ3v) is 3.71. The zero-order chi connectivity index (χ0) is 17.6. The summed E-state index contributed by atoms with van der Waals surface area (Å²) in [4.78, 5) is 14.5. The van der Waals surface area contributed by atoms with E-state index >= 15 is 0 Å². The minimum atomic E-state index is -0.263. The Morgan fingerprint density at radius 2 is 1.48 bits per heavy atom. The van der Waals surface area contributed by atoms with Crippen molar-refractivity contribution in [1.82, 2.24) is 0 Å². The Bertz CT molecular complexity index is 831. The summed E-state index contributed by atoms with van der Waals surface area (Å²) in [5, 5.41) is 2.91. The van der Waals surface area contributed by atoms with Gasteiger partial charge in [0.25, 0.3) is 0 Å². The van der Waals surface area contributed by atoms with Crippen molar-refractivity contribution in [2.24, 2.45) is 0 Å². The molecule has 0 fully saturated rings. The number of carbonyl (C=O) groups is 1. The normalized spacial score (nSPS) is 10.1. The highest BCUT2D eigenvalue weighted by molar-refractivity contribution is 6.07. The molecule has 0 heterocycles. The monoisotopic (exact) mass is 333 g/mol. The molecule has 2 amide bonds. The second-order valence-electron chi connectivity index (χ2n) is 5.42. The lowest BCUT2D eigenvalue weighted by Gasteiger charge is -2.23. The van der Waals surface area contributed by atoms with E-state index in [1.165, 1.54) is 0 Å². The van der Waals surface area contributed by atoms with Crippen molar-refractivity contribution in [2.45, 2.75) is 0 Å². The van der Waals surface area contributed by atoms with Gasteiger partial charge in [-0.05, 0) is 60.7 Å². The Labute approximate surface area is 146 Å². The molecule has 5 nitrogen and oxygen atoms in total. The average Bonchev–Trinajstić information content (AvgIpc) is 2.65. The van der Waals surface area contributed by atoms with E-state index in [9.17, 15) is 4.79 Å². The van der Waals surface area contributed by atoms with Gasteiger partial charge in [-0.2, -0.15) is 0 Å². The van der Waals surface area contributed by atoms with Gasteiger partial charge in [-0.25, -0.2) is 4.79 Å². The molecule has 3 N–H and O–H groups in total. The molecule has 0 radical (unpaired) electrons. The van der Waals surface area contributed by atoms with Gasteiger partial charge in [-0.1, -0.05) is 18.2 Å². The van der Waals surface area contributed by atoms with Gasteiger partial charge >= 0.3 is 6.03 Å². The molecular formula is C20H19N3O2. The van der Waals surface area contributed by atoms with Crippen LogP contribution >= 0.6 is 0 Å². The molecule has 0 saturated carbocycles. The van der Waals surface area contributed by atoms with Gasteiger partial charge in [-0.3, -0.25) is 4.90 Å². The lowest BCUT2D eigenvalue weighted by Crippen LogP contribution is -2.30. The number of hydrogen-bond acceptors (Lipinski definition) is 3. The van der Waals surface area contributed by atoms with Crippen molar-refractivity contribution in [3.63, 3.8) is 0 Å². The van der Waals surface area contributed by atoms with Crippen LogP contribution in [0.5, 0.6) is 5.75 Å². The van der Waals surface area contributed by atoms with Gasteiger partial charge < -0.3 is 15.8 Å². The number of nitrogens with two attached hydrogens (primary N) is 1. The Morgan fingerprint density at radius 3 is 2.08 bits per heavy atom. The predicted molar refractivity (Wildman–Crippen MR) is 101 cm³/mol. The van der Waals surface area contributed by atoms with Crippen LogP contribution in [0.4, 0.5) is 27.5 Å². The van der Waals surface area contributed by atoms with Crippen LogP contribution in [-0.2, 0) is 0 Å². The van der Waals surface area contributed by atoms with Gasteiger partial charge in [-0.15, -0.1) is 0 Å². The van der Waals surface area contributed by atoms with Crippen molar-refractivity contribution < 1.29 is 9.53 Å². The van der Waals surface area contributed by atoms with Gasteiger partial charge in [0.1, 0.15) is 5.75 Å². The standard InChI is InChI=1S/C20H19N3O2/c1-25-19-13-9-16(10-14-19)22-20(24)23(17-5-3-2-4-6-17)18-11-7-15(21)8-12-18/h2-14H,21H2,1H3,(H,22,24). The molecule has 0 unspecified atom stereocenters. The summed E-state index contributed by atoms with van der Waals surface area (Å²) in [6.45, 7) is 0. The van der Waals surface area contributed by atoms with Crippen LogP contribution in [0.15, 0.2) is 78.9 Å². The molecule has 0 aliphatic heterocycles. The van der Waals surface area contributed by atoms with Crippen LogP contribution in [0.25, 0.3) is 0 Å². The summed E-state index contributed by atoms with van der Waals surface area (Å²) >= 11 is 0. The molecule has 3 rings (SSSR count). The number of rotatable bonds is 4. The summed E-state index contributed by atoms with van der Waals surface area (Å²) in [5.41, 5.74) is 8.58. The number of amides is 2. The molecule has 0 bridgehead atoms. The largest absolute Gasteiger partial charge is 0.497 e. The van der Waals surface area contributed by atoms with Crippen LogP contribution in [0.1, 0.15) is 0 Å². The number of hydrogen-bond donors (Lipinski definition) is 2. The molecule has 25 heavy (non-hydrogen) atoms. The molecule has 0 aliphatic carbocycles. The fraction of sp³-hybridized carbons (Fsp3) is 0.0500. The van der Waals surface area contributed by atoms with Gasteiger partial charge in [0.15, 0.2) is 0 Å². The molecule has 3 aromatic carbocycles. The maximum Gasteiger partial charge on any atom is 0.330 e. The fourth-order valence-electron chi connectivity index (χ4n) is 2.44. The Morgan fingerprint density at radius 1 is 0.880 bits per heavy atom. The molecule has 126 valence electrons. The van der Waals surface area contributed by atoms with Crippen molar-refractivity contribution in [2.75, 3.05) is 23.1 Å². The van der Waals surface area contributed by atoms with Gasteiger partial charge in [0.05, 0.1) is 18.5 Å². The first-order valence-electron chi connectivity index (χ1n) is 7.83. The van der Waals surface area contributed by atoms with E-state index < -0.39 is 0 Å². The molecule has 0 saturated heterocycles. The van der Waals surface area contributed by atoms with E-state index in [2.05, 4.69) is 5.32 Å². The lowest BCUT2D eigenvalue weighted by atomic mass is 10.2. The van der Waals surface area contributed by atoms with Crippen molar-refractivity contribution in [1.29, 1.82) is 0 Å². The third kappa shape index (κ3) is 3.90. The van der Waals surface area contributed by atoms with Crippen LogP contribution in [0, 0.1) is 0 Å². The number of para-hydroxylation sites is 1. The summed E-state index contributed by atoms with van der Waals surface area (Å²) in [5.74, 6) is 0.733. The fourth-order valence-corrected chi connectivity index (χ4v) is 2.44. The van der Waals surface area contributed by atoms with Crippen LogP contribution in [0.2, 0.25) is 0 Å². The molecule has 0 aliphatic rings. The average molecular weight is 333 g/mol. The minimum Gasteiger partial charge on any atom is -0.497 e. The van der Waals surface area contributed by atoms with Crippen molar-refractivity contribution >= 4 is 28.8 Å². The lowest BCUT2D eigenvalue weighted by molar-refractivity contribution is 0.259. The summed E-state index contributed by atoms with van der Waals surface area (Å²) in [7, 11) is 1.60. The van der Waals surface area contributed by atoms with E-state index in [1.807, 2.05) is 42.5 Å². The number of methoxy groups -OCH3 is 1. The van der Waals surface area contributed by atoms with Gasteiger partial charge in [0.2, 0.25) is 0 Å². The Hall–Kier alpha value is -3.47. The van der Waals surface area contributed by atoms with E-state index in [0.29, 0.717) is 11.4 Å². The van der Waals surface area contributed by atoms with Crippen LogP contribution in [0.3, 0.4) is 0 Å². The molecule has 0 spiro atoms. The number of anilines is 4. The second kappa shape index (κ2) is 7.40.